The van der Waals surface area contributed by atoms with Gasteiger partial charge in [-0.1, -0.05) is 54.4 Å². The van der Waals surface area contributed by atoms with Crippen LogP contribution in [0.2, 0.25) is 0 Å². The van der Waals surface area contributed by atoms with Crippen LogP contribution in [0.3, 0.4) is 0 Å². The predicted octanol–water partition coefficient (Wildman–Crippen LogP) is 5.28. The van der Waals surface area contributed by atoms with Crippen LogP contribution >= 0.6 is 0 Å². The molecular weight excluding hydrogens is 180 g/mol. The second-order valence-corrected chi connectivity index (χ2v) is 7.86. The molecular formula is C15H30. The molecule has 15 heavy (non-hydrogen) atoms. The molecule has 1 saturated carbocycles. The molecule has 0 bridgehead atoms. The Morgan fingerprint density at radius 3 is 2.00 bits per heavy atom. The topological polar surface area (TPSA) is 0 Å². The largest absolute Gasteiger partial charge is 0.0602 e. The maximum Gasteiger partial charge on any atom is -0.0354 e. The standard InChI is InChI=1S/C15H30/c1-14(2,3)11-12-8-7-9-13(10-12)15(4,5)6/h12-13H,7-11H2,1-6H3. The molecule has 90 valence electrons. The monoisotopic (exact) mass is 210 g/mol. The summed E-state index contributed by atoms with van der Waals surface area (Å²) in [6.45, 7) is 14.4. The average molecular weight is 210 g/mol. The van der Waals surface area contributed by atoms with Gasteiger partial charge in [0.15, 0.2) is 0 Å². The zero-order chi connectivity index (χ0) is 11.7. The van der Waals surface area contributed by atoms with E-state index in [-0.39, 0.29) is 0 Å². The third-order valence-electron chi connectivity index (χ3n) is 3.91. The van der Waals surface area contributed by atoms with E-state index in [0.717, 1.165) is 11.8 Å². The summed E-state index contributed by atoms with van der Waals surface area (Å²) in [5.41, 5.74) is 1.04. The Hall–Kier alpha value is 0. The molecule has 0 saturated heterocycles. The summed E-state index contributed by atoms with van der Waals surface area (Å²) in [6, 6.07) is 0. The van der Waals surface area contributed by atoms with Crippen molar-refractivity contribution < 1.29 is 0 Å². The lowest BCUT2D eigenvalue weighted by Gasteiger charge is -2.39. The van der Waals surface area contributed by atoms with Gasteiger partial charge in [0.05, 0.1) is 0 Å². The fourth-order valence-corrected chi connectivity index (χ4v) is 3.13. The van der Waals surface area contributed by atoms with Gasteiger partial charge in [-0.05, 0) is 41.9 Å². The lowest BCUT2D eigenvalue weighted by atomic mass is 9.66. The molecule has 0 aliphatic heterocycles. The van der Waals surface area contributed by atoms with Crippen LogP contribution in [0.4, 0.5) is 0 Å². The average Bonchev–Trinajstić information content (AvgIpc) is 1.99. The highest BCUT2D eigenvalue weighted by Crippen LogP contribution is 2.43. The van der Waals surface area contributed by atoms with Crippen molar-refractivity contribution in [2.75, 3.05) is 0 Å². The lowest BCUT2D eigenvalue weighted by Crippen LogP contribution is -2.28. The highest BCUT2D eigenvalue weighted by molar-refractivity contribution is 4.83. The van der Waals surface area contributed by atoms with Crippen LogP contribution in [0, 0.1) is 22.7 Å². The highest BCUT2D eigenvalue weighted by atomic mass is 14.4. The van der Waals surface area contributed by atoms with Crippen molar-refractivity contribution in [3.8, 4) is 0 Å². The van der Waals surface area contributed by atoms with E-state index in [1.165, 1.54) is 32.1 Å². The molecule has 0 aromatic rings. The summed E-state index contributed by atoms with van der Waals surface area (Å²) in [7, 11) is 0. The molecule has 0 heterocycles. The fourth-order valence-electron chi connectivity index (χ4n) is 3.13. The van der Waals surface area contributed by atoms with Crippen molar-refractivity contribution in [3.05, 3.63) is 0 Å². The molecule has 0 N–H and O–H groups in total. The Balaban J connectivity index is 2.50. The molecule has 2 atom stereocenters. The van der Waals surface area contributed by atoms with Crippen molar-refractivity contribution in [3.63, 3.8) is 0 Å². The molecule has 1 aliphatic carbocycles. The van der Waals surface area contributed by atoms with E-state index in [1.54, 1.807) is 0 Å². The Labute approximate surface area is 96.8 Å². The van der Waals surface area contributed by atoms with Gasteiger partial charge in [-0.25, -0.2) is 0 Å². The molecule has 0 radical (unpaired) electrons. The van der Waals surface area contributed by atoms with Crippen LogP contribution in [0.15, 0.2) is 0 Å². The van der Waals surface area contributed by atoms with Gasteiger partial charge in [0, 0.05) is 0 Å². The number of hydrogen-bond donors (Lipinski definition) is 0. The van der Waals surface area contributed by atoms with E-state index in [9.17, 15) is 0 Å². The number of rotatable bonds is 1. The minimum Gasteiger partial charge on any atom is -0.0602 e. The van der Waals surface area contributed by atoms with Crippen molar-refractivity contribution in [1.82, 2.24) is 0 Å². The summed E-state index contributed by atoms with van der Waals surface area (Å²) < 4.78 is 0. The molecule has 0 nitrogen and oxygen atoms in total. The third kappa shape index (κ3) is 4.57. The predicted molar refractivity (Wildman–Crippen MR) is 69.0 cm³/mol. The minimum atomic E-state index is 0.518. The van der Waals surface area contributed by atoms with E-state index in [2.05, 4.69) is 41.5 Å². The van der Waals surface area contributed by atoms with Crippen LogP contribution in [-0.2, 0) is 0 Å². The maximum atomic E-state index is 2.41. The van der Waals surface area contributed by atoms with E-state index in [4.69, 9.17) is 0 Å². The molecule has 2 unspecified atom stereocenters. The van der Waals surface area contributed by atoms with Gasteiger partial charge in [-0.3, -0.25) is 0 Å². The van der Waals surface area contributed by atoms with Gasteiger partial charge >= 0.3 is 0 Å². The van der Waals surface area contributed by atoms with Gasteiger partial charge in [0.2, 0.25) is 0 Å². The van der Waals surface area contributed by atoms with Gasteiger partial charge in [-0.15, -0.1) is 0 Å². The maximum absolute atomic E-state index is 2.41. The summed E-state index contributed by atoms with van der Waals surface area (Å²) in [5, 5.41) is 0. The first-order valence-corrected chi connectivity index (χ1v) is 6.68. The van der Waals surface area contributed by atoms with Crippen molar-refractivity contribution in [2.24, 2.45) is 22.7 Å². The van der Waals surface area contributed by atoms with E-state index in [0.29, 0.717) is 10.8 Å². The third-order valence-corrected chi connectivity index (χ3v) is 3.91. The summed E-state index contributed by atoms with van der Waals surface area (Å²) in [5.74, 6) is 1.95. The van der Waals surface area contributed by atoms with Crippen LogP contribution < -0.4 is 0 Å². The summed E-state index contributed by atoms with van der Waals surface area (Å²) >= 11 is 0. The lowest BCUT2D eigenvalue weighted by molar-refractivity contribution is 0.118. The molecule has 1 fully saturated rings. The quantitative estimate of drug-likeness (QED) is 0.552. The summed E-state index contributed by atoms with van der Waals surface area (Å²) in [4.78, 5) is 0. The van der Waals surface area contributed by atoms with Crippen molar-refractivity contribution in [2.45, 2.75) is 73.6 Å². The first kappa shape index (κ1) is 13.1. The Morgan fingerprint density at radius 1 is 0.933 bits per heavy atom. The van der Waals surface area contributed by atoms with Gasteiger partial charge in [0.1, 0.15) is 0 Å². The van der Waals surface area contributed by atoms with Gasteiger partial charge in [-0.2, -0.15) is 0 Å². The SMILES string of the molecule is CC(C)(C)CC1CCCC(C(C)(C)C)C1. The molecule has 0 amide bonds. The van der Waals surface area contributed by atoms with E-state index in [1.807, 2.05) is 0 Å². The minimum absolute atomic E-state index is 0.518. The van der Waals surface area contributed by atoms with Gasteiger partial charge < -0.3 is 0 Å². The molecule has 0 aromatic carbocycles. The normalized spacial score (nSPS) is 29.2. The van der Waals surface area contributed by atoms with Crippen LogP contribution in [0.25, 0.3) is 0 Å². The number of hydrogen-bond acceptors (Lipinski definition) is 0. The zero-order valence-corrected chi connectivity index (χ0v) is 11.7. The molecule has 0 spiro atoms. The van der Waals surface area contributed by atoms with Crippen LogP contribution in [0.1, 0.15) is 73.6 Å². The second kappa shape index (κ2) is 4.47. The Bertz CT molecular complexity index is 189. The van der Waals surface area contributed by atoms with E-state index >= 15 is 0 Å². The van der Waals surface area contributed by atoms with Gasteiger partial charge in [0.25, 0.3) is 0 Å². The summed E-state index contributed by atoms with van der Waals surface area (Å²) in [6.07, 6.45) is 7.29. The van der Waals surface area contributed by atoms with Crippen molar-refractivity contribution in [1.29, 1.82) is 0 Å². The van der Waals surface area contributed by atoms with Crippen LogP contribution in [0.5, 0.6) is 0 Å². The van der Waals surface area contributed by atoms with E-state index < -0.39 is 0 Å². The molecule has 0 heteroatoms. The fraction of sp³-hybridized carbons (Fsp3) is 1.00. The van der Waals surface area contributed by atoms with Crippen molar-refractivity contribution >= 4 is 0 Å². The molecule has 1 aliphatic rings. The smallest absolute Gasteiger partial charge is 0.0354 e. The Morgan fingerprint density at radius 2 is 1.53 bits per heavy atom. The Kier molecular flexibility index (Phi) is 3.90. The molecule has 1 rings (SSSR count). The molecule has 0 aromatic heterocycles. The highest BCUT2D eigenvalue weighted by Gasteiger charge is 2.31. The van der Waals surface area contributed by atoms with Crippen LogP contribution in [-0.4, -0.2) is 0 Å². The first-order chi connectivity index (χ1) is 6.68. The zero-order valence-electron chi connectivity index (χ0n) is 11.7. The first-order valence-electron chi connectivity index (χ1n) is 6.68. The second-order valence-electron chi connectivity index (χ2n) is 7.86.